The van der Waals surface area contributed by atoms with Gasteiger partial charge in [0, 0.05) is 12.1 Å². The Kier molecular flexibility index (Phi) is 6.91. The second-order valence-corrected chi connectivity index (χ2v) is 8.02. The Hall–Kier alpha value is -2.51. The van der Waals surface area contributed by atoms with E-state index < -0.39 is 83.3 Å². The van der Waals surface area contributed by atoms with Gasteiger partial charge >= 0.3 is 0 Å². The highest BCUT2D eigenvalue weighted by molar-refractivity contribution is 6.08. The summed E-state index contributed by atoms with van der Waals surface area (Å²) in [5.41, 5.74) is -2.59. The minimum absolute atomic E-state index is 0.273. The summed E-state index contributed by atoms with van der Waals surface area (Å²) in [6, 6.07) is 1.77. The lowest BCUT2D eigenvalue weighted by Crippen LogP contribution is -2.68. The van der Waals surface area contributed by atoms with Crippen molar-refractivity contribution in [2.75, 3.05) is 6.61 Å². The molecule has 3 unspecified atom stereocenters. The summed E-state index contributed by atoms with van der Waals surface area (Å²) in [6.07, 6.45) is -4.79. The van der Waals surface area contributed by atoms with Crippen LogP contribution in [0.5, 0.6) is 17.2 Å². The lowest BCUT2D eigenvalue weighted by molar-refractivity contribution is -0.284. The monoisotopic (exact) mass is 454 g/mol. The van der Waals surface area contributed by atoms with Crippen molar-refractivity contribution in [3.8, 4) is 17.2 Å². The first-order valence-electron chi connectivity index (χ1n) is 9.86. The molecule has 1 aliphatic heterocycles. The molecule has 11 heteroatoms. The van der Waals surface area contributed by atoms with E-state index in [1.165, 1.54) is 18.2 Å². The zero-order chi connectivity index (χ0) is 23.8. The number of phenols is 3. The molecule has 8 atom stereocenters. The largest absolute Gasteiger partial charge is 0.508 e. The molecule has 1 aromatic rings. The smallest absolute Gasteiger partial charge is 0.193 e. The van der Waals surface area contributed by atoms with Gasteiger partial charge in [0.15, 0.2) is 5.78 Å². The zero-order valence-corrected chi connectivity index (χ0v) is 16.8. The number of allylic oxidation sites excluding steroid dienone is 3. The fourth-order valence-electron chi connectivity index (χ4n) is 4.06. The maximum absolute atomic E-state index is 12.4. The second-order valence-electron chi connectivity index (χ2n) is 8.02. The van der Waals surface area contributed by atoms with Gasteiger partial charge in [-0.25, -0.2) is 0 Å². The van der Waals surface area contributed by atoms with E-state index in [2.05, 4.69) is 0 Å². The first-order valence-corrected chi connectivity index (χ1v) is 9.86. The number of hydrogen-bond acceptors (Lipinski definition) is 11. The number of ether oxygens (including phenoxy) is 1. The molecule has 0 saturated carbocycles. The van der Waals surface area contributed by atoms with Crippen molar-refractivity contribution < 1.29 is 55.5 Å². The summed E-state index contributed by atoms with van der Waals surface area (Å²) >= 11 is 0. The van der Waals surface area contributed by atoms with Crippen LogP contribution in [0.15, 0.2) is 36.4 Å². The lowest BCUT2D eigenvalue weighted by Gasteiger charge is -2.49. The fourth-order valence-corrected chi connectivity index (χ4v) is 4.06. The van der Waals surface area contributed by atoms with Gasteiger partial charge in [-0.15, -0.1) is 0 Å². The van der Waals surface area contributed by atoms with E-state index in [4.69, 9.17) is 4.74 Å². The highest BCUT2D eigenvalue weighted by Gasteiger charge is 2.55. The standard InChI is InChI=1S/C21H26O11/c22-8-14-17(28)18(29)19(30)20(32-14)21(31)7-9(2-4-15(21)27)1-3-11(24)16-12(25)5-10(23)6-13(16)26/h1-6,9,14-15,17-20,22-23,25-31H,7-8H2/t9?,14-,15?,17-,18+,19-,20-,21?/m1/s1. The van der Waals surface area contributed by atoms with Gasteiger partial charge in [0.2, 0.25) is 0 Å². The van der Waals surface area contributed by atoms with Gasteiger partial charge in [0.25, 0.3) is 0 Å². The van der Waals surface area contributed by atoms with Crippen molar-refractivity contribution in [1.82, 2.24) is 0 Å². The van der Waals surface area contributed by atoms with Crippen molar-refractivity contribution in [3.05, 3.63) is 42.0 Å². The van der Waals surface area contributed by atoms with Gasteiger partial charge in [-0.2, -0.15) is 0 Å². The molecule has 9 N–H and O–H groups in total. The number of hydrogen-bond donors (Lipinski definition) is 9. The Bertz CT molecular complexity index is 888. The summed E-state index contributed by atoms with van der Waals surface area (Å²) in [5, 5.41) is 90.1. The molecule has 32 heavy (non-hydrogen) atoms. The number of aliphatic hydroxyl groups is 6. The van der Waals surface area contributed by atoms with Crippen LogP contribution in [0.1, 0.15) is 16.8 Å². The Morgan fingerprint density at radius 2 is 1.66 bits per heavy atom. The Morgan fingerprint density at radius 3 is 2.25 bits per heavy atom. The topological polar surface area (TPSA) is 208 Å². The summed E-state index contributed by atoms with van der Waals surface area (Å²) < 4.78 is 5.39. The summed E-state index contributed by atoms with van der Waals surface area (Å²) in [6.45, 7) is -0.707. The number of ketones is 1. The van der Waals surface area contributed by atoms with E-state index in [1.54, 1.807) is 0 Å². The van der Waals surface area contributed by atoms with E-state index in [0.717, 1.165) is 18.2 Å². The predicted octanol–water partition coefficient (Wildman–Crippen LogP) is -1.95. The number of aromatic hydroxyl groups is 3. The quantitative estimate of drug-likeness (QED) is 0.136. The van der Waals surface area contributed by atoms with Gasteiger partial charge in [-0.05, 0) is 18.4 Å². The molecular formula is C21H26O11. The van der Waals surface area contributed by atoms with Crippen LogP contribution in [-0.2, 0) is 4.74 Å². The molecular weight excluding hydrogens is 428 g/mol. The maximum Gasteiger partial charge on any atom is 0.193 e. The molecule has 0 aromatic heterocycles. The van der Waals surface area contributed by atoms with Gasteiger partial charge < -0.3 is 50.7 Å². The van der Waals surface area contributed by atoms with Crippen LogP contribution in [0.2, 0.25) is 0 Å². The number of benzene rings is 1. The Balaban J connectivity index is 1.82. The highest BCUT2D eigenvalue weighted by atomic mass is 16.6. The molecule has 0 amide bonds. The third kappa shape index (κ3) is 4.36. The molecule has 1 fully saturated rings. The minimum atomic E-state index is -2.15. The molecule has 176 valence electrons. The van der Waals surface area contributed by atoms with Crippen molar-refractivity contribution in [3.63, 3.8) is 0 Å². The molecule has 0 spiro atoms. The molecule has 1 saturated heterocycles. The fraction of sp³-hybridized carbons (Fsp3) is 0.476. The summed E-state index contributed by atoms with van der Waals surface area (Å²) in [5.74, 6) is -3.18. The van der Waals surface area contributed by atoms with Gasteiger partial charge in [-0.1, -0.05) is 18.2 Å². The van der Waals surface area contributed by atoms with E-state index >= 15 is 0 Å². The molecule has 1 aliphatic carbocycles. The molecule has 0 bridgehead atoms. The highest BCUT2D eigenvalue weighted by Crippen LogP contribution is 2.38. The van der Waals surface area contributed by atoms with Crippen molar-refractivity contribution in [2.45, 2.75) is 48.6 Å². The number of carbonyl (C=O) groups excluding carboxylic acids is 1. The minimum Gasteiger partial charge on any atom is -0.508 e. The van der Waals surface area contributed by atoms with Crippen LogP contribution in [0.3, 0.4) is 0 Å². The van der Waals surface area contributed by atoms with E-state index in [1.807, 2.05) is 0 Å². The van der Waals surface area contributed by atoms with Crippen molar-refractivity contribution >= 4 is 5.78 Å². The average Bonchev–Trinajstić information content (AvgIpc) is 2.72. The zero-order valence-electron chi connectivity index (χ0n) is 16.8. The van der Waals surface area contributed by atoms with E-state index in [-0.39, 0.29) is 6.42 Å². The second kappa shape index (κ2) is 9.16. The number of phenolic OH excluding ortho intramolecular Hbond substituents is 3. The van der Waals surface area contributed by atoms with Crippen LogP contribution in [-0.4, -0.2) is 101 Å². The van der Waals surface area contributed by atoms with Crippen LogP contribution < -0.4 is 0 Å². The number of aliphatic hydroxyl groups excluding tert-OH is 5. The number of rotatable bonds is 5. The van der Waals surface area contributed by atoms with E-state index in [9.17, 15) is 50.8 Å². The average molecular weight is 454 g/mol. The first-order chi connectivity index (χ1) is 15.0. The van der Waals surface area contributed by atoms with Crippen molar-refractivity contribution in [1.29, 1.82) is 0 Å². The predicted molar refractivity (Wildman–Crippen MR) is 107 cm³/mol. The SMILES string of the molecule is O=C(C=CC1C=CC(O)C(O)([C@@H]2O[C@H](CO)[C@@H](O)[C@H](O)[C@H]2O)C1)c1c(O)cc(O)cc1O. The maximum atomic E-state index is 12.4. The number of carbonyl (C=O) groups is 1. The van der Waals surface area contributed by atoms with Gasteiger partial charge in [-0.3, -0.25) is 4.79 Å². The first kappa shape index (κ1) is 24.1. The van der Waals surface area contributed by atoms with Crippen LogP contribution in [0.4, 0.5) is 0 Å². The summed E-state index contributed by atoms with van der Waals surface area (Å²) in [7, 11) is 0. The van der Waals surface area contributed by atoms with Gasteiger partial charge in [0.1, 0.15) is 65.0 Å². The normalized spacial score (nSPS) is 37.6. The molecule has 1 heterocycles. The van der Waals surface area contributed by atoms with Crippen LogP contribution >= 0.6 is 0 Å². The Morgan fingerprint density at radius 1 is 1.03 bits per heavy atom. The lowest BCUT2D eigenvalue weighted by atomic mass is 9.73. The molecule has 2 aliphatic rings. The van der Waals surface area contributed by atoms with Crippen LogP contribution in [0.25, 0.3) is 0 Å². The van der Waals surface area contributed by atoms with E-state index in [0.29, 0.717) is 0 Å². The molecule has 11 nitrogen and oxygen atoms in total. The molecule has 0 radical (unpaired) electrons. The molecule has 3 rings (SSSR count). The van der Waals surface area contributed by atoms with Gasteiger partial charge in [0.05, 0.1) is 6.61 Å². The van der Waals surface area contributed by atoms with Crippen molar-refractivity contribution in [2.24, 2.45) is 5.92 Å². The van der Waals surface area contributed by atoms with Crippen LogP contribution in [0, 0.1) is 5.92 Å². The molecule has 1 aromatic carbocycles. The summed E-state index contributed by atoms with van der Waals surface area (Å²) in [4.78, 5) is 12.4. The third-order valence-electron chi connectivity index (χ3n) is 5.82. The third-order valence-corrected chi connectivity index (χ3v) is 5.82. The Labute approximate surface area is 182 Å².